The van der Waals surface area contributed by atoms with Crippen molar-refractivity contribution in [2.75, 3.05) is 12.4 Å². The molecule has 186 valence electrons. The fourth-order valence-corrected chi connectivity index (χ4v) is 5.07. The van der Waals surface area contributed by atoms with Crippen LogP contribution in [0.25, 0.3) is 12.2 Å². The number of hydrogen-bond donors (Lipinski definition) is 0. The zero-order chi connectivity index (χ0) is 24.4. The number of hydrogen-bond acceptors (Lipinski definition) is 2. The predicted octanol–water partition coefficient (Wildman–Crippen LogP) is 10.3. The molecule has 0 bridgehead atoms. The maximum atomic E-state index is 6.02. The molecule has 0 aliphatic carbocycles. The van der Waals surface area contributed by atoms with Crippen LogP contribution < -0.4 is 4.74 Å². The van der Waals surface area contributed by atoms with Gasteiger partial charge in [0.1, 0.15) is 5.75 Å². The molecular weight excluding hydrogens is 432 g/mol. The van der Waals surface area contributed by atoms with Crippen molar-refractivity contribution in [1.29, 1.82) is 0 Å². The molecule has 34 heavy (non-hydrogen) atoms. The van der Waals surface area contributed by atoms with Gasteiger partial charge in [-0.2, -0.15) is 0 Å². The first-order valence-electron chi connectivity index (χ1n) is 13.5. The Bertz CT molecular complexity index is 748. The van der Waals surface area contributed by atoms with Gasteiger partial charge < -0.3 is 4.74 Å². The lowest BCUT2D eigenvalue weighted by atomic mass is 10.0. The topological polar surface area (TPSA) is 9.23 Å². The average Bonchev–Trinajstić information content (AvgIpc) is 2.88. The number of ether oxygens (including phenoxy) is 1. The highest BCUT2D eigenvalue weighted by atomic mass is 32.2. The smallest absolute Gasteiger partial charge is 0.119 e. The van der Waals surface area contributed by atoms with Crippen LogP contribution in [0.4, 0.5) is 0 Å². The van der Waals surface area contributed by atoms with E-state index in [1.54, 1.807) is 0 Å². The first-order valence-corrected chi connectivity index (χ1v) is 14.5. The van der Waals surface area contributed by atoms with Crippen molar-refractivity contribution in [2.24, 2.45) is 11.8 Å². The zero-order valence-corrected chi connectivity index (χ0v) is 22.8. The Morgan fingerprint density at radius 1 is 0.706 bits per heavy atom. The van der Waals surface area contributed by atoms with Crippen LogP contribution in [0.5, 0.6) is 5.75 Å². The fourth-order valence-electron chi connectivity index (χ4n) is 3.91. The van der Waals surface area contributed by atoms with E-state index in [4.69, 9.17) is 4.74 Å². The summed E-state index contributed by atoms with van der Waals surface area (Å²) in [5, 5.41) is 0. The summed E-state index contributed by atoms with van der Waals surface area (Å²) in [4.78, 5) is 1.38. The van der Waals surface area contributed by atoms with E-state index in [1.807, 2.05) is 11.8 Å². The summed E-state index contributed by atoms with van der Waals surface area (Å²) in [7, 11) is 0. The molecule has 0 saturated heterocycles. The Labute approximate surface area is 214 Å². The summed E-state index contributed by atoms with van der Waals surface area (Å²) in [5.41, 5.74) is 2.43. The van der Waals surface area contributed by atoms with Crippen molar-refractivity contribution in [3.05, 3.63) is 71.8 Å². The minimum absolute atomic E-state index is 0.663. The van der Waals surface area contributed by atoms with Crippen LogP contribution in [-0.4, -0.2) is 12.4 Å². The number of thioether (sulfide) groups is 1. The van der Waals surface area contributed by atoms with Gasteiger partial charge in [-0.25, -0.2) is 0 Å². The van der Waals surface area contributed by atoms with E-state index >= 15 is 0 Å². The molecule has 2 aromatic carbocycles. The molecule has 1 nitrogen and oxygen atoms in total. The first kappa shape index (κ1) is 28.3. The van der Waals surface area contributed by atoms with E-state index in [9.17, 15) is 0 Å². The van der Waals surface area contributed by atoms with Crippen LogP contribution in [0.3, 0.4) is 0 Å². The van der Waals surface area contributed by atoms with Gasteiger partial charge in [0, 0.05) is 10.6 Å². The highest BCUT2D eigenvalue weighted by Crippen LogP contribution is 2.25. The van der Waals surface area contributed by atoms with E-state index in [0.717, 1.165) is 18.3 Å². The van der Waals surface area contributed by atoms with Crippen molar-refractivity contribution in [3.63, 3.8) is 0 Å². The average molecular weight is 479 g/mol. The second kappa shape index (κ2) is 17.5. The fraction of sp³-hybridized carbons (Fsp3) is 0.500. The second-order valence-electron chi connectivity index (χ2n) is 9.31. The number of benzene rings is 2. The lowest BCUT2D eigenvalue weighted by molar-refractivity contribution is 0.233. The monoisotopic (exact) mass is 478 g/mol. The summed E-state index contributed by atoms with van der Waals surface area (Å²) in [6, 6.07) is 17.4. The Morgan fingerprint density at radius 2 is 1.24 bits per heavy atom. The summed E-state index contributed by atoms with van der Waals surface area (Å²) in [6.07, 6.45) is 18.8. The lowest BCUT2D eigenvalue weighted by Crippen LogP contribution is -2.11. The van der Waals surface area contributed by atoms with Crippen LogP contribution >= 0.6 is 11.8 Å². The molecule has 0 amide bonds. The molecule has 0 aliphatic rings. The molecule has 0 N–H and O–H groups in total. The largest absolute Gasteiger partial charge is 0.493 e. The molecular formula is C32H46OS. The van der Waals surface area contributed by atoms with E-state index in [0.29, 0.717) is 5.92 Å². The van der Waals surface area contributed by atoms with Crippen molar-refractivity contribution in [3.8, 4) is 5.75 Å². The minimum atomic E-state index is 0.663. The summed E-state index contributed by atoms with van der Waals surface area (Å²) in [5.74, 6) is 3.71. The molecule has 2 rings (SSSR count). The summed E-state index contributed by atoms with van der Waals surface area (Å²) < 4.78 is 6.02. The van der Waals surface area contributed by atoms with Gasteiger partial charge >= 0.3 is 0 Å². The molecule has 0 fully saturated rings. The van der Waals surface area contributed by atoms with Gasteiger partial charge in [-0.3, -0.25) is 0 Å². The zero-order valence-electron chi connectivity index (χ0n) is 22.0. The minimum Gasteiger partial charge on any atom is -0.493 e. The van der Waals surface area contributed by atoms with E-state index in [-0.39, 0.29) is 0 Å². The maximum Gasteiger partial charge on any atom is 0.119 e. The highest BCUT2D eigenvalue weighted by molar-refractivity contribution is 7.99. The lowest BCUT2D eigenvalue weighted by Gasteiger charge is -2.15. The van der Waals surface area contributed by atoms with E-state index in [2.05, 4.69) is 101 Å². The third kappa shape index (κ3) is 11.5. The van der Waals surface area contributed by atoms with Crippen LogP contribution in [0, 0.1) is 11.8 Å². The molecule has 2 aromatic rings. The predicted molar refractivity (Wildman–Crippen MR) is 154 cm³/mol. The number of unbranched alkanes of at least 4 members (excludes halogenated alkanes) is 2. The molecule has 0 heterocycles. The van der Waals surface area contributed by atoms with Gasteiger partial charge in [0.2, 0.25) is 0 Å². The van der Waals surface area contributed by atoms with Gasteiger partial charge in [0.15, 0.2) is 0 Å². The Hall–Kier alpha value is -1.93. The highest BCUT2D eigenvalue weighted by Gasteiger charge is 2.07. The van der Waals surface area contributed by atoms with Gasteiger partial charge in [-0.05, 0) is 60.1 Å². The molecule has 0 saturated carbocycles. The van der Waals surface area contributed by atoms with Crippen LogP contribution in [0.15, 0.2) is 65.6 Å². The summed E-state index contributed by atoms with van der Waals surface area (Å²) in [6.45, 7) is 9.94. The normalized spacial score (nSPS) is 13.5. The van der Waals surface area contributed by atoms with Crippen LogP contribution in [0.1, 0.15) is 90.2 Å². The second-order valence-corrected chi connectivity index (χ2v) is 10.4. The van der Waals surface area contributed by atoms with Crippen molar-refractivity contribution >= 4 is 23.9 Å². The van der Waals surface area contributed by atoms with Gasteiger partial charge in [-0.1, -0.05) is 115 Å². The number of rotatable bonds is 17. The van der Waals surface area contributed by atoms with E-state index in [1.165, 1.54) is 73.1 Å². The van der Waals surface area contributed by atoms with Crippen molar-refractivity contribution in [1.82, 2.24) is 0 Å². The number of allylic oxidation sites excluding steroid dienone is 2. The van der Waals surface area contributed by atoms with Gasteiger partial charge in [0.05, 0.1) is 6.61 Å². The molecule has 0 aliphatic heterocycles. The maximum absolute atomic E-state index is 6.02. The Morgan fingerprint density at radius 3 is 1.76 bits per heavy atom. The third-order valence-corrected chi connectivity index (χ3v) is 7.75. The molecule has 0 radical (unpaired) electrons. The standard InChI is InChI=1S/C32H46OS/c1-5-9-13-27(7-3)25-33-31-21-17-29(18-22-31)15-11-12-16-30-19-23-32(24-20-30)34-26-28(8-4)14-10-6-2/h11-12,15-24,27-28H,5-10,13-14,25-26H2,1-4H3/b15-11+,16-12+. The van der Waals surface area contributed by atoms with Gasteiger partial charge in [-0.15, -0.1) is 11.8 Å². The summed E-state index contributed by atoms with van der Waals surface area (Å²) >= 11 is 2.00. The molecule has 0 aromatic heterocycles. The SMILES string of the molecule is CCCCC(CC)COc1ccc(/C=C/C=C/c2ccc(SCC(CC)CCCC)cc2)cc1. The molecule has 2 atom stereocenters. The Balaban J connectivity index is 1.77. The van der Waals surface area contributed by atoms with Crippen LogP contribution in [-0.2, 0) is 0 Å². The molecule has 0 spiro atoms. The van der Waals surface area contributed by atoms with Crippen molar-refractivity contribution < 1.29 is 4.74 Å². The third-order valence-electron chi connectivity index (χ3n) is 6.51. The van der Waals surface area contributed by atoms with E-state index < -0.39 is 0 Å². The molecule has 2 unspecified atom stereocenters. The van der Waals surface area contributed by atoms with Crippen LogP contribution in [0.2, 0.25) is 0 Å². The molecule has 2 heteroatoms. The quantitative estimate of drug-likeness (QED) is 0.165. The van der Waals surface area contributed by atoms with Crippen molar-refractivity contribution in [2.45, 2.75) is 84.0 Å². The first-order chi connectivity index (χ1) is 16.7. The van der Waals surface area contributed by atoms with Gasteiger partial charge in [0.25, 0.3) is 0 Å². The Kier molecular flexibility index (Phi) is 14.6.